The number of halogens is 3. The molecule has 0 aromatic heterocycles. The van der Waals surface area contributed by atoms with Gasteiger partial charge in [0.25, 0.3) is 11.8 Å². The Bertz CT molecular complexity index is 782. The molecule has 2 aromatic rings. The summed E-state index contributed by atoms with van der Waals surface area (Å²) >= 11 is 1.17. The van der Waals surface area contributed by atoms with Crippen LogP contribution in [0.2, 0.25) is 0 Å². The van der Waals surface area contributed by atoms with Crippen LogP contribution in [0.3, 0.4) is 0 Å². The van der Waals surface area contributed by atoms with E-state index in [2.05, 4.69) is 0 Å². The van der Waals surface area contributed by atoms with Crippen LogP contribution in [0.15, 0.2) is 47.4 Å². The van der Waals surface area contributed by atoms with Crippen molar-refractivity contribution in [1.82, 2.24) is 0 Å². The fourth-order valence-electron chi connectivity index (χ4n) is 2.45. The van der Waals surface area contributed by atoms with Crippen molar-refractivity contribution >= 4 is 29.3 Å². The van der Waals surface area contributed by atoms with Gasteiger partial charge < -0.3 is 0 Å². The molecule has 0 saturated heterocycles. The van der Waals surface area contributed by atoms with Crippen LogP contribution in [-0.2, 0) is 6.18 Å². The van der Waals surface area contributed by atoms with E-state index in [9.17, 15) is 22.8 Å². The van der Waals surface area contributed by atoms with Crippen LogP contribution in [0.25, 0.3) is 0 Å². The number of alkyl halides is 3. The molecule has 3 rings (SSSR count). The Hall–Kier alpha value is -2.28. The highest BCUT2D eigenvalue weighted by Gasteiger charge is 2.39. The van der Waals surface area contributed by atoms with Crippen molar-refractivity contribution in [1.29, 1.82) is 0 Å². The Morgan fingerprint density at radius 2 is 1.52 bits per heavy atom. The van der Waals surface area contributed by atoms with E-state index < -0.39 is 23.6 Å². The number of benzene rings is 2. The SMILES string of the molecule is CSc1ccc(C(F)(F)F)cc1N1C(=O)c2ccccc2C1=O. The number of carbonyl (C=O) groups excluding carboxylic acids is 2. The third-order valence-corrected chi connectivity index (χ3v) is 4.33. The van der Waals surface area contributed by atoms with Gasteiger partial charge in [-0.05, 0) is 36.6 Å². The van der Waals surface area contributed by atoms with Crippen molar-refractivity contribution in [2.75, 3.05) is 11.2 Å². The maximum absolute atomic E-state index is 13.0. The fourth-order valence-corrected chi connectivity index (χ4v) is 3.01. The second-order valence-electron chi connectivity index (χ2n) is 4.88. The van der Waals surface area contributed by atoms with Crippen molar-refractivity contribution in [3.05, 3.63) is 59.2 Å². The first kappa shape index (κ1) is 15.6. The average Bonchev–Trinajstić information content (AvgIpc) is 2.78. The lowest BCUT2D eigenvalue weighted by molar-refractivity contribution is -0.137. The summed E-state index contributed by atoms with van der Waals surface area (Å²) in [6.45, 7) is 0. The monoisotopic (exact) mass is 337 g/mol. The number of rotatable bonds is 2. The van der Waals surface area contributed by atoms with E-state index in [4.69, 9.17) is 0 Å². The highest BCUT2D eigenvalue weighted by molar-refractivity contribution is 7.98. The minimum atomic E-state index is -4.55. The third kappa shape index (κ3) is 2.50. The van der Waals surface area contributed by atoms with Crippen molar-refractivity contribution in [2.24, 2.45) is 0 Å². The molecular formula is C16H10F3NO2S. The summed E-state index contributed by atoms with van der Waals surface area (Å²) in [5.41, 5.74) is -0.552. The van der Waals surface area contributed by atoms with Gasteiger partial charge in [-0.2, -0.15) is 13.2 Å². The van der Waals surface area contributed by atoms with Crippen LogP contribution in [0.4, 0.5) is 18.9 Å². The lowest BCUT2D eigenvalue weighted by atomic mass is 10.1. The molecular weight excluding hydrogens is 327 g/mol. The molecule has 0 saturated carbocycles. The van der Waals surface area contributed by atoms with E-state index in [-0.39, 0.29) is 16.8 Å². The third-order valence-electron chi connectivity index (χ3n) is 3.54. The standard InChI is InChI=1S/C16H10F3NO2S/c1-23-13-7-6-9(16(17,18)19)8-12(13)20-14(21)10-4-2-3-5-11(10)15(20)22/h2-8H,1H3. The summed E-state index contributed by atoms with van der Waals surface area (Å²) in [6.07, 6.45) is -2.88. The van der Waals surface area contributed by atoms with Crippen molar-refractivity contribution in [2.45, 2.75) is 11.1 Å². The van der Waals surface area contributed by atoms with E-state index in [1.807, 2.05) is 0 Å². The predicted molar refractivity (Wildman–Crippen MR) is 80.8 cm³/mol. The van der Waals surface area contributed by atoms with Gasteiger partial charge in [-0.1, -0.05) is 12.1 Å². The summed E-state index contributed by atoms with van der Waals surface area (Å²) in [4.78, 5) is 26.1. The summed E-state index contributed by atoms with van der Waals surface area (Å²) < 4.78 is 38.9. The molecule has 1 aliphatic heterocycles. The molecule has 0 unspecified atom stereocenters. The van der Waals surface area contributed by atoms with E-state index in [1.54, 1.807) is 18.4 Å². The molecule has 0 spiro atoms. The first-order valence-electron chi connectivity index (χ1n) is 6.57. The Morgan fingerprint density at radius 3 is 2.00 bits per heavy atom. The molecule has 1 heterocycles. The number of carbonyl (C=O) groups is 2. The molecule has 0 radical (unpaired) electrons. The van der Waals surface area contributed by atoms with Crippen LogP contribution in [-0.4, -0.2) is 18.1 Å². The minimum absolute atomic E-state index is 0.0430. The molecule has 7 heteroatoms. The number of anilines is 1. The lowest BCUT2D eigenvalue weighted by Crippen LogP contribution is -2.30. The number of hydrogen-bond donors (Lipinski definition) is 0. The zero-order chi connectivity index (χ0) is 16.8. The van der Waals surface area contributed by atoms with Gasteiger partial charge in [0.1, 0.15) is 0 Å². The Kier molecular flexibility index (Phi) is 3.68. The Labute approximate surface area is 134 Å². The molecule has 0 atom stereocenters. The zero-order valence-corrected chi connectivity index (χ0v) is 12.7. The summed E-state index contributed by atoms with van der Waals surface area (Å²) in [5.74, 6) is -1.22. The number of hydrogen-bond acceptors (Lipinski definition) is 3. The average molecular weight is 337 g/mol. The molecule has 0 N–H and O–H groups in total. The van der Waals surface area contributed by atoms with E-state index in [0.29, 0.717) is 4.90 Å². The van der Waals surface area contributed by atoms with Gasteiger partial charge >= 0.3 is 6.18 Å². The van der Waals surface area contributed by atoms with Crippen LogP contribution in [0.5, 0.6) is 0 Å². The highest BCUT2D eigenvalue weighted by Crippen LogP contribution is 2.39. The second kappa shape index (κ2) is 5.42. The van der Waals surface area contributed by atoms with Gasteiger partial charge in [0.15, 0.2) is 0 Å². The molecule has 2 aromatic carbocycles. The molecule has 118 valence electrons. The lowest BCUT2D eigenvalue weighted by Gasteiger charge is -2.19. The molecule has 3 nitrogen and oxygen atoms in total. The van der Waals surface area contributed by atoms with E-state index in [0.717, 1.165) is 17.0 Å². The van der Waals surface area contributed by atoms with Gasteiger partial charge in [0.2, 0.25) is 0 Å². The number of nitrogens with zero attached hydrogens (tertiary/aromatic N) is 1. The van der Waals surface area contributed by atoms with Gasteiger partial charge in [0.05, 0.1) is 22.4 Å². The first-order chi connectivity index (χ1) is 10.8. The second-order valence-corrected chi connectivity index (χ2v) is 5.72. The summed E-state index contributed by atoms with van der Waals surface area (Å²) in [5, 5.41) is 0. The molecule has 0 bridgehead atoms. The summed E-state index contributed by atoms with van der Waals surface area (Å²) in [7, 11) is 0. The van der Waals surface area contributed by atoms with Gasteiger partial charge in [-0.25, -0.2) is 4.90 Å². The molecule has 0 fully saturated rings. The van der Waals surface area contributed by atoms with Crippen LogP contribution < -0.4 is 4.90 Å². The number of fused-ring (bicyclic) bond motifs is 1. The first-order valence-corrected chi connectivity index (χ1v) is 7.80. The van der Waals surface area contributed by atoms with Gasteiger partial charge in [-0.15, -0.1) is 11.8 Å². The summed E-state index contributed by atoms with van der Waals surface area (Å²) in [6, 6.07) is 9.24. The van der Waals surface area contributed by atoms with Crippen molar-refractivity contribution in [3.63, 3.8) is 0 Å². The van der Waals surface area contributed by atoms with Gasteiger partial charge in [0, 0.05) is 4.90 Å². The van der Waals surface area contributed by atoms with Crippen LogP contribution >= 0.6 is 11.8 Å². The topological polar surface area (TPSA) is 37.4 Å². The number of thioether (sulfide) groups is 1. The maximum atomic E-state index is 13.0. The van der Waals surface area contributed by atoms with E-state index in [1.165, 1.54) is 30.0 Å². The minimum Gasteiger partial charge on any atom is -0.268 e. The molecule has 0 aliphatic carbocycles. The number of amides is 2. The highest BCUT2D eigenvalue weighted by atomic mass is 32.2. The van der Waals surface area contributed by atoms with Crippen LogP contribution in [0.1, 0.15) is 26.3 Å². The van der Waals surface area contributed by atoms with Crippen molar-refractivity contribution in [3.8, 4) is 0 Å². The van der Waals surface area contributed by atoms with E-state index >= 15 is 0 Å². The number of imide groups is 1. The Morgan fingerprint density at radius 1 is 0.957 bits per heavy atom. The zero-order valence-electron chi connectivity index (χ0n) is 11.8. The molecule has 2 amide bonds. The van der Waals surface area contributed by atoms with Gasteiger partial charge in [-0.3, -0.25) is 9.59 Å². The van der Waals surface area contributed by atoms with Crippen molar-refractivity contribution < 1.29 is 22.8 Å². The fraction of sp³-hybridized carbons (Fsp3) is 0.125. The largest absolute Gasteiger partial charge is 0.416 e. The molecule has 23 heavy (non-hydrogen) atoms. The maximum Gasteiger partial charge on any atom is 0.416 e. The normalized spacial score (nSPS) is 14.3. The molecule has 1 aliphatic rings. The van der Waals surface area contributed by atoms with Crippen LogP contribution in [0, 0.1) is 0 Å². The predicted octanol–water partition coefficient (Wildman–Crippen LogP) is 4.23. The Balaban J connectivity index is 2.16. The smallest absolute Gasteiger partial charge is 0.268 e. The quantitative estimate of drug-likeness (QED) is 0.608.